The third kappa shape index (κ3) is 41.9. The van der Waals surface area contributed by atoms with Crippen molar-refractivity contribution < 1.29 is 42.9 Å². The van der Waals surface area contributed by atoms with Gasteiger partial charge in [0.15, 0.2) is 12.4 Å². The van der Waals surface area contributed by atoms with E-state index in [-0.39, 0.29) is 32.2 Å². The number of hydrogen-bond acceptors (Lipinski definition) is 8. The van der Waals surface area contributed by atoms with Gasteiger partial charge < -0.3 is 33.3 Å². The summed E-state index contributed by atoms with van der Waals surface area (Å²) >= 11 is 0. The molecule has 9 nitrogen and oxygen atoms in total. The van der Waals surface area contributed by atoms with Gasteiger partial charge in [-0.3, -0.25) is 9.59 Å². The summed E-state index contributed by atoms with van der Waals surface area (Å²) in [6.45, 7) is 4.67. The zero-order chi connectivity index (χ0) is 42.8. The second-order valence-electron chi connectivity index (χ2n) is 17.4. The topological polar surface area (TPSA) is 111 Å². The first-order chi connectivity index (χ1) is 28.1. The van der Waals surface area contributed by atoms with Gasteiger partial charge in [-0.2, -0.15) is 0 Å². The molecular formula is C49H91NO8. The molecule has 0 aliphatic carbocycles. The minimum atomic E-state index is -1.61. The average molecular weight is 822 g/mol. The lowest BCUT2D eigenvalue weighted by Gasteiger charge is -2.26. The lowest BCUT2D eigenvalue weighted by molar-refractivity contribution is -0.870. The number of ether oxygens (including phenoxy) is 4. The highest BCUT2D eigenvalue weighted by Crippen LogP contribution is 2.15. The van der Waals surface area contributed by atoms with Gasteiger partial charge in [0, 0.05) is 12.8 Å². The molecule has 0 radical (unpaired) electrons. The molecule has 340 valence electrons. The summed E-state index contributed by atoms with van der Waals surface area (Å²) in [5, 5.41) is 11.6. The van der Waals surface area contributed by atoms with Crippen molar-refractivity contribution in [2.75, 3.05) is 47.5 Å². The van der Waals surface area contributed by atoms with Crippen LogP contribution in [0.25, 0.3) is 0 Å². The number of carbonyl (C=O) groups excluding carboxylic acids is 3. The fourth-order valence-electron chi connectivity index (χ4n) is 6.68. The predicted octanol–water partition coefficient (Wildman–Crippen LogP) is 11.5. The SMILES string of the molecule is CCCCCCC/C=C\C/C=C\CCCCCCCCCCCCCCCCCC(=O)OC(COC(=O)CCCCCCCC)COC(OCC[N+](C)(C)C)C(=O)[O-]. The molecule has 0 N–H and O–H groups in total. The standard InChI is InChI=1S/C49H91NO8/c1-6-8-10-12-14-15-16-17-18-19-20-21-22-23-24-25-26-27-28-29-30-31-32-33-34-36-38-40-47(52)58-45(43-56-46(51)39-37-35-13-11-9-7-2)44-57-49(48(53)54)55-42-41-50(3,4)5/h16-17,19-20,45,49H,6-15,18,21-44H2,1-5H3/b17-16-,20-19-. The van der Waals surface area contributed by atoms with Crippen LogP contribution in [0.3, 0.4) is 0 Å². The molecule has 58 heavy (non-hydrogen) atoms. The summed E-state index contributed by atoms with van der Waals surface area (Å²) < 4.78 is 22.4. The van der Waals surface area contributed by atoms with Crippen LogP contribution in [0.2, 0.25) is 0 Å². The molecule has 9 heteroatoms. The highest BCUT2D eigenvalue weighted by Gasteiger charge is 2.21. The molecule has 0 amide bonds. The van der Waals surface area contributed by atoms with Crippen molar-refractivity contribution in [1.82, 2.24) is 0 Å². The summed E-state index contributed by atoms with van der Waals surface area (Å²) in [6, 6.07) is 0. The summed E-state index contributed by atoms with van der Waals surface area (Å²) in [7, 11) is 5.90. The van der Waals surface area contributed by atoms with Crippen LogP contribution in [0, 0.1) is 0 Å². The number of rotatable bonds is 44. The van der Waals surface area contributed by atoms with Crippen molar-refractivity contribution in [2.45, 2.75) is 225 Å². The molecule has 0 aromatic heterocycles. The zero-order valence-electron chi connectivity index (χ0n) is 38.4. The number of likely N-dealkylation sites (N-methyl/N-ethyl adjacent to an activating group) is 1. The largest absolute Gasteiger partial charge is 0.545 e. The van der Waals surface area contributed by atoms with Gasteiger partial charge in [0.2, 0.25) is 0 Å². The van der Waals surface area contributed by atoms with E-state index in [1.807, 2.05) is 21.1 Å². The smallest absolute Gasteiger partial charge is 0.306 e. The number of carboxylic acids is 1. The van der Waals surface area contributed by atoms with Gasteiger partial charge in [-0.05, 0) is 44.9 Å². The van der Waals surface area contributed by atoms with Crippen molar-refractivity contribution in [3.05, 3.63) is 24.3 Å². The molecule has 0 aliphatic rings. The number of quaternary nitrogens is 1. The molecule has 2 atom stereocenters. The first-order valence-corrected chi connectivity index (χ1v) is 24.0. The quantitative estimate of drug-likeness (QED) is 0.0196. The summed E-state index contributed by atoms with van der Waals surface area (Å²) in [4.78, 5) is 36.7. The number of carbonyl (C=O) groups is 3. The second-order valence-corrected chi connectivity index (χ2v) is 17.4. The average Bonchev–Trinajstić information content (AvgIpc) is 3.18. The molecule has 0 spiro atoms. The van der Waals surface area contributed by atoms with E-state index in [4.69, 9.17) is 18.9 Å². The number of esters is 2. The van der Waals surface area contributed by atoms with Crippen molar-refractivity contribution >= 4 is 17.9 Å². The van der Waals surface area contributed by atoms with Crippen LogP contribution in [0.15, 0.2) is 24.3 Å². The Balaban J connectivity index is 4.07. The van der Waals surface area contributed by atoms with E-state index in [0.717, 1.165) is 44.9 Å². The lowest BCUT2D eigenvalue weighted by Crippen LogP contribution is -2.44. The van der Waals surface area contributed by atoms with Crippen LogP contribution in [0.4, 0.5) is 0 Å². The van der Waals surface area contributed by atoms with Crippen molar-refractivity contribution in [3.63, 3.8) is 0 Å². The Bertz CT molecular complexity index is 1010. The number of hydrogen-bond donors (Lipinski definition) is 0. The second kappa shape index (κ2) is 41.5. The lowest BCUT2D eigenvalue weighted by atomic mass is 10.0. The molecule has 0 bridgehead atoms. The van der Waals surface area contributed by atoms with E-state index < -0.39 is 24.3 Å². The van der Waals surface area contributed by atoms with Crippen LogP contribution < -0.4 is 5.11 Å². The van der Waals surface area contributed by atoms with Crippen molar-refractivity contribution in [2.24, 2.45) is 0 Å². The normalized spacial score (nSPS) is 13.1. The number of nitrogens with zero attached hydrogens (tertiary/aromatic N) is 1. The Labute approximate surface area is 357 Å². The highest BCUT2D eigenvalue weighted by atomic mass is 16.7. The van der Waals surface area contributed by atoms with E-state index in [9.17, 15) is 19.5 Å². The Morgan fingerprint density at radius 3 is 1.36 bits per heavy atom. The van der Waals surface area contributed by atoms with Gasteiger partial charge in [0.05, 0.1) is 40.3 Å². The number of unbranched alkanes of at least 4 members (excludes halogenated alkanes) is 25. The first kappa shape index (κ1) is 55.8. The van der Waals surface area contributed by atoms with E-state index in [1.165, 1.54) is 135 Å². The fraction of sp³-hybridized carbons (Fsp3) is 0.857. The zero-order valence-corrected chi connectivity index (χ0v) is 38.4. The van der Waals surface area contributed by atoms with Crippen LogP contribution >= 0.6 is 0 Å². The molecule has 0 aromatic rings. The van der Waals surface area contributed by atoms with E-state index in [1.54, 1.807) is 0 Å². The maximum absolute atomic E-state index is 12.7. The summed E-state index contributed by atoms with van der Waals surface area (Å²) in [5.74, 6) is -2.29. The minimum Gasteiger partial charge on any atom is -0.545 e. The van der Waals surface area contributed by atoms with Gasteiger partial charge in [-0.1, -0.05) is 179 Å². The molecule has 0 saturated heterocycles. The van der Waals surface area contributed by atoms with Gasteiger partial charge in [-0.15, -0.1) is 0 Å². The molecular weight excluding hydrogens is 731 g/mol. The van der Waals surface area contributed by atoms with Crippen LogP contribution in [-0.2, 0) is 33.3 Å². The van der Waals surface area contributed by atoms with Crippen LogP contribution in [0.5, 0.6) is 0 Å². The maximum Gasteiger partial charge on any atom is 0.306 e. The highest BCUT2D eigenvalue weighted by molar-refractivity contribution is 5.70. The molecule has 0 heterocycles. The van der Waals surface area contributed by atoms with E-state index >= 15 is 0 Å². The maximum atomic E-state index is 12.7. The summed E-state index contributed by atoms with van der Waals surface area (Å²) in [5.41, 5.74) is 0. The Kier molecular flexibility index (Phi) is 39.9. The molecule has 0 aromatic carbocycles. The molecule has 2 unspecified atom stereocenters. The number of allylic oxidation sites excluding steroid dienone is 4. The number of carboxylic acid groups (broad SMARTS) is 1. The van der Waals surface area contributed by atoms with Gasteiger partial charge in [0.25, 0.3) is 0 Å². The minimum absolute atomic E-state index is 0.150. The monoisotopic (exact) mass is 822 g/mol. The fourth-order valence-corrected chi connectivity index (χ4v) is 6.68. The molecule has 0 saturated carbocycles. The Morgan fingerprint density at radius 1 is 0.517 bits per heavy atom. The van der Waals surface area contributed by atoms with Crippen LogP contribution in [0.1, 0.15) is 213 Å². The summed E-state index contributed by atoms with van der Waals surface area (Å²) in [6.07, 6.45) is 42.6. The molecule has 0 aliphatic heterocycles. The van der Waals surface area contributed by atoms with Crippen molar-refractivity contribution in [3.8, 4) is 0 Å². The molecule has 0 fully saturated rings. The van der Waals surface area contributed by atoms with Crippen LogP contribution in [-0.4, -0.2) is 82.3 Å². The molecule has 0 rings (SSSR count). The third-order valence-corrected chi connectivity index (χ3v) is 10.5. The van der Waals surface area contributed by atoms with E-state index in [2.05, 4.69) is 38.2 Å². The van der Waals surface area contributed by atoms with Gasteiger partial charge in [-0.25, -0.2) is 0 Å². The first-order valence-electron chi connectivity index (χ1n) is 24.0. The van der Waals surface area contributed by atoms with Gasteiger partial charge >= 0.3 is 11.9 Å². The Hall–Kier alpha value is -2.23. The van der Waals surface area contributed by atoms with Crippen molar-refractivity contribution in [1.29, 1.82) is 0 Å². The van der Waals surface area contributed by atoms with E-state index in [0.29, 0.717) is 23.9 Å². The Morgan fingerprint density at radius 2 is 0.931 bits per heavy atom. The number of aliphatic carboxylic acids is 1. The van der Waals surface area contributed by atoms with Gasteiger partial charge in [0.1, 0.15) is 13.2 Å². The predicted molar refractivity (Wildman–Crippen MR) is 237 cm³/mol. The third-order valence-electron chi connectivity index (χ3n) is 10.5.